The highest BCUT2D eigenvalue weighted by Gasteiger charge is 2.43. The van der Waals surface area contributed by atoms with Crippen LogP contribution in [0, 0.1) is 0 Å². The minimum Gasteiger partial charge on any atom is -0.354 e. The largest absolute Gasteiger partial charge is 0.354 e. The fourth-order valence-electron chi connectivity index (χ4n) is 2.89. The number of thiophene rings is 1. The number of nitrogens with one attached hydrogen (secondary N) is 1. The standard InChI is InChI=1S/C19H21ClN2O2S2/c1-2-3-10-21-17(23)15-12-26-19(16-9-6-11-25-16)22(15)18(24)13-7-4-5-8-14(13)20/h4-9,11,15,19H,2-3,10,12H2,1H3,(H,21,23)/t15-,19+/m1/s1. The normalized spacial score (nSPS) is 19.5. The molecule has 0 aliphatic carbocycles. The van der Waals surface area contributed by atoms with Crippen LogP contribution in [0.15, 0.2) is 41.8 Å². The molecule has 1 aromatic carbocycles. The summed E-state index contributed by atoms with van der Waals surface area (Å²) in [6.07, 6.45) is 1.94. The molecule has 2 aromatic rings. The van der Waals surface area contributed by atoms with Gasteiger partial charge in [0.15, 0.2) is 0 Å². The Morgan fingerprint density at radius 2 is 2.08 bits per heavy atom. The molecule has 1 aliphatic heterocycles. The number of carbonyl (C=O) groups is 2. The Bertz CT molecular complexity index is 767. The topological polar surface area (TPSA) is 49.4 Å². The van der Waals surface area contributed by atoms with Gasteiger partial charge in [-0.05, 0) is 30.0 Å². The van der Waals surface area contributed by atoms with Crippen molar-refractivity contribution in [1.82, 2.24) is 10.2 Å². The summed E-state index contributed by atoms with van der Waals surface area (Å²) < 4.78 is 0. The highest BCUT2D eigenvalue weighted by molar-refractivity contribution is 7.99. The molecule has 1 saturated heterocycles. The lowest BCUT2D eigenvalue weighted by molar-refractivity contribution is -0.124. The average molecular weight is 409 g/mol. The molecule has 26 heavy (non-hydrogen) atoms. The monoisotopic (exact) mass is 408 g/mol. The van der Waals surface area contributed by atoms with Gasteiger partial charge < -0.3 is 10.2 Å². The number of amides is 2. The predicted octanol–water partition coefficient (Wildman–Crippen LogP) is 4.57. The van der Waals surface area contributed by atoms with E-state index in [4.69, 9.17) is 11.6 Å². The van der Waals surface area contributed by atoms with Crippen molar-refractivity contribution in [2.24, 2.45) is 0 Å². The van der Waals surface area contributed by atoms with Gasteiger partial charge in [-0.1, -0.05) is 43.1 Å². The van der Waals surface area contributed by atoms with E-state index in [0.29, 0.717) is 22.9 Å². The lowest BCUT2D eigenvalue weighted by Gasteiger charge is -2.28. The molecule has 0 spiro atoms. The quantitative estimate of drug-likeness (QED) is 0.712. The maximum Gasteiger partial charge on any atom is 0.257 e. The van der Waals surface area contributed by atoms with E-state index in [2.05, 4.69) is 12.2 Å². The van der Waals surface area contributed by atoms with E-state index >= 15 is 0 Å². The molecular formula is C19H21ClN2O2S2. The molecule has 0 radical (unpaired) electrons. The first-order chi connectivity index (χ1) is 12.6. The lowest BCUT2D eigenvalue weighted by atomic mass is 10.1. The molecule has 138 valence electrons. The van der Waals surface area contributed by atoms with Gasteiger partial charge in [0.2, 0.25) is 5.91 Å². The molecule has 1 aromatic heterocycles. The number of carbonyl (C=O) groups excluding carboxylic acids is 2. The number of thioether (sulfide) groups is 1. The van der Waals surface area contributed by atoms with Gasteiger partial charge in [0.05, 0.1) is 10.6 Å². The van der Waals surface area contributed by atoms with Crippen LogP contribution in [-0.4, -0.2) is 35.1 Å². The van der Waals surface area contributed by atoms with E-state index in [9.17, 15) is 9.59 Å². The first-order valence-corrected chi connectivity index (χ1v) is 10.9. The molecule has 0 saturated carbocycles. The van der Waals surface area contributed by atoms with Crippen LogP contribution < -0.4 is 5.32 Å². The second-order valence-corrected chi connectivity index (χ2v) is 8.55. The molecule has 1 fully saturated rings. The van der Waals surface area contributed by atoms with E-state index in [0.717, 1.165) is 17.7 Å². The molecule has 7 heteroatoms. The Balaban J connectivity index is 1.88. The molecule has 2 amide bonds. The highest BCUT2D eigenvalue weighted by Crippen LogP contribution is 2.44. The zero-order chi connectivity index (χ0) is 18.5. The third-order valence-electron chi connectivity index (χ3n) is 4.26. The van der Waals surface area contributed by atoms with Crippen molar-refractivity contribution in [1.29, 1.82) is 0 Å². The van der Waals surface area contributed by atoms with Crippen LogP contribution in [0.4, 0.5) is 0 Å². The smallest absolute Gasteiger partial charge is 0.257 e. The Labute approximate surface area is 166 Å². The zero-order valence-corrected chi connectivity index (χ0v) is 16.9. The van der Waals surface area contributed by atoms with Crippen LogP contribution in [0.2, 0.25) is 5.02 Å². The maximum atomic E-state index is 13.3. The number of hydrogen-bond acceptors (Lipinski definition) is 4. The Kier molecular flexibility index (Phi) is 6.62. The van der Waals surface area contributed by atoms with Crippen molar-refractivity contribution in [3.05, 3.63) is 57.2 Å². The summed E-state index contributed by atoms with van der Waals surface area (Å²) >= 11 is 9.47. The summed E-state index contributed by atoms with van der Waals surface area (Å²) in [5.41, 5.74) is 0.435. The summed E-state index contributed by atoms with van der Waals surface area (Å²) in [5.74, 6) is 0.288. The van der Waals surface area contributed by atoms with Gasteiger partial charge in [-0.2, -0.15) is 0 Å². The van der Waals surface area contributed by atoms with Crippen molar-refractivity contribution >= 4 is 46.5 Å². The summed E-state index contributed by atoms with van der Waals surface area (Å²) in [6, 6.07) is 10.5. The van der Waals surface area contributed by atoms with E-state index < -0.39 is 6.04 Å². The van der Waals surface area contributed by atoms with Crippen LogP contribution in [0.25, 0.3) is 0 Å². The van der Waals surface area contributed by atoms with Gasteiger partial charge >= 0.3 is 0 Å². The molecule has 1 aliphatic rings. The summed E-state index contributed by atoms with van der Waals surface area (Å²) in [6.45, 7) is 2.71. The summed E-state index contributed by atoms with van der Waals surface area (Å²) in [7, 11) is 0. The van der Waals surface area contributed by atoms with E-state index in [1.807, 2.05) is 17.5 Å². The SMILES string of the molecule is CCCCNC(=O)[C@H]1CS[C@@H](c2cccs2)N1C(=O)c1ccccc1Cl. The predicted molar refractivity (Wildman–Crippen MR) is 109 cm³/mol. The Morgan fingerprint density at radius 1 is 1.27 bits per heavy atom. The molecule has 0 unspecified atom stereocenters. The van der Waals surface area contributed by atoms with E-state index in [1.165, 1.54) is 0 Å². The number of rotatable bonds is 6. The van der Waals surface area contributed by atoms with E-state index in [1.54, 1.807) is 52.3 Å². The summed E-state index contributed by atoms with van der Waals surface area (Å²) in [4.78, 5) is 28.8. The molecule has 1 N–H and O–H groups in total. The van der Waals surface area contributed by atoms with Crippen LogP contribution in [0.3, 0.4) is 0 Å². The first kappa shape index (κ1) is 19.3. The van der Waals surface area contributed by atoms with Gasteiger partial charge in [-0.15, -0.1) is 23.1 Å². The third-order valence-corrected chi connectivity index (χ3v) is 6.97. The van der Waals surface area contributed by atoms with Crippen LogP contribution in [0.1, 0.15) is 40.4 Å². The average Bonchev–Trinajstić information content (AvgIpc) is 3.31. The number of hydrogen-bond donors (Lipinski definition) is 1. The minimum absolute atomic E-state index is 0.0922. The number of benzene rings is 1. The molecular weight excluding hydrogens is 388 g/mol. The van der Waals surface area contributed by atoms with E-state index in [-0.39, 0.29) is 17.2 Å². The van der Waals surface area contributed by atoms with Crippen LogP contribution in [0.5, 0.6) is 0 Å². The Morgan fingerprint density at radius 3 is 2.77 bits per heavy atom. The van der Waals surface area contributed by atoms with Gasteiger partial charge in [-0.3, -0.25) is 9.59 Å². The van der Waals surface area contributed by atoms with Gasteiger partial charge in [0.25, 0.3) is 5.91 Å². The molecule has 2 atom stereocenters. The van der Waals surface area contributed by atoms with Crippen molar-refractivity contribution in [3.63, 3.8) is 0 Å². The minimum atomic E-state index is -0.493. The molecule has 4 nitrogen and oxygen atoms in total. The lowest BCUT2D eigenvalue weighted by Crippen LogP contribution is -2.48. The summed E-state index contributed by atoms with van der Waals surface area (Å²) in [5, 5.41) is 5.20. The second-order valence-electron chi connectivity index (χ2n) is 6.05. The number of halogens is 1. The van der Waals surface area contributed by atoms with Gasteiger partial charge in [0, 0.05) is 17.2 Å². The molecule has 2 heterocycles. The third kappa shape index (κ3) is 4.08. The highest BCUT2D eigenvalue weighted by atomic mass is 35.5. The van der Waals surface area contributed by atoms with Crippen molar-refractivity contribution in [3.8, 4) is 0 Å². The van der Waals surface area contributed by atoms with Crippen molar-refractivity contribution in [2.45, 2.75) is 31.2 Å². The fourth-order valence-corrected chi connectivity index (χ4v) is 5.50. The second kappa shape index (κ2) is 8.93. The maximum absolute atomic E-state index is 13.3. The number of unbranched alkanes of at least 4 members (excludes halogenated alkanes) is 1. The first-order valence-electron chi connectivity index (χ1n) is 8.63. The number of nitrogens with zero attached hydrogens (tertiary/aromatic N) is 1. The van der Waals surface area contributed by atoms with Crippen molar-refractivity contribution < 1.29 is 9.59 Å². The van der Waals surface area contributed by atoms with Gasteiger partial charge in [-0.25, -0.2) is 0 Å². The molecule has 3 rings (SSSR count). The van der Waals surface area contributed by atoms with Gasteiger partial charge in [0.1, 0.15) is 11.4 Å². The van der Waals surface area contributed by atoms with Crippen molar-refractivity contribution in [2.75, 3.05) is 12.3 Å². The van der Waals surface area contributed by atoms with Crippen LogP contribution in [-0.2, 0) is 4.79 Å². The Hall–Kier alpha value is -1.50. The zero-order valence-electron chi connectivity index (χ0n) is 14.5. The fraction of sp³-hybridized carbons (Fsp3) is 0.368. The van der Waals surface area contributed by atoms with Crippen LogP contribution >= 0.6 is 34.7 Å². The molecule has 0 bridgehead atoms.